The summed E-state index contributed by atoms with van der Waals surface area (Å²) >= 11 is 7.40. The van der Waals surface area contributed by atoms with Crippen LogP contribution in [0.3, 0.4) is 0 Å². The Hall–Kier alpha value is -0.936. The minimum Gasteiger partial charge on any atom is -0.696 e. The van der Waals surface area contributed by atoms with E-state index in [1.165, 1.54) is 16.4 Å². The van der Waals surface area contributed by atoms with Crippen molar-refractivity contribution in [1.29, 1.82) is 10.5 Å². The Bertz CT molecular complexity index is 280. The van der Waals surface area contributed by atoms with Crippen LogP contribution in [0.15, 0.2) is 24.5 Å². The topological polar surface area (TPSA) is 60.5 Å². The van der Waals surface area contributed by atoms with Crippen molar-refractivity contribution in [3.8, 4) is 10.8 Å². The van der Waals surface area contributed by atoms with Gasteiger partial charge in [-0.1, -0.05) is 17.7 Å². The molecule has 0 fully saturated rings. The Morgan fingerprint density at radius 1 is 1.20 bits per heavy atom. The molecular weight excluding hydrogens is 273 g/mol. The molecule has 0 radical (unpaired) electrons. The third-order valence-corrected chi connectivity index (χ3v) is 1.16. The van der Waals surface area contributed by atoms with Crippen LogP contribution in [0, 0.1) is 21.3 Å². The van der Waals surface area contributed by atoms with Gasteiger partial charge in [-0.3, -0.25) is 4.98 Å². The first-order chi connectivity index (χ1) is 6.76. The fourth-order valence-corrected chi connectivity index (χ4v) is 0.618. The maximum absolute atomic E-state index is 7.13. The molecule has 6 heteroatoms. The maximum Gasteiger partial charge on any atom is 2.00 e. The third-order valence-electron chi connectivity index (χ3n) is 1.16. The second kappa shape index (κ2) is 18.8. The van der Waals surface area contributed by atoms with Gasteiger partial charge in [0, 0.05) is 12.4 Å². The average Bonchev–Trinajstić information content (AvgIpc) is 2.21. The van der Waals surface area contributed by atoms with Gasteiger partial charge in [-0.2, -0.15) is 0 Å². The number of pyridine rings is 1. The molecule has 0 aliphatic carbocycles. The second-order valence-corrected chi connectivity index (χ2v) is 2.26. The molecule has 0 aliphatic rings. The van der Waals surface area contributed by atoms with Crippen LogP contribution >= 0.6 is 0 Å². The summed E-state index contributed by atoms with van der Waals surface area (Å²) in [5.74, 6) is 0. The van der Waals surface area contributed by atoms with Crippen LogP contribution in [0.4, 0.5) is 0 Å². The Balaban J connectivity index is -0.000000177. The molecule has 1 heterocycles. The van der Waals surface area contributed by atoms with Gasteiger partial charge in [-0.25, -0.2) is 10.5 Å². The van der Waals surface area contributed by atoms with Crippen molar-refractivity contribution in [2.24, 2.45) is 0 Å². The van der Waals surface area contributed by atoms with Gasteiger partial charge < -0.3 is 25.3 Å². The van der Waals surface area contributed by atoms with Gasteiger partial charge in [0.1, 0.15) is 0 Å². The molecule has 15 heavy (non-hydrogen) atoms. The Labute approximate surface area is 111 Å². The zero-order chi connectivity index (χ0) is 11.2. The SMILES string of the molecule is CCc1ccncc1.N#C[S-].N#C[S-].[Ni+2]. The Morgan fingerprint density at radius 2 is 1.53 bits per heavy atom. The summed E-state index contributed by atoms with van der Waals surface area (Å²) in [4.78, 5) is 3.89. The van der Waals surface area contributed by atoms with Crippen molar-refractivity contribution in [1.82, 2.24) is 4.98 Å². The van der Waals surface area contributed by atoms with Crippen LogP contribution in [0.2, 0.25) is 0 Å². The van der Waals surface area contributed by atoms with Gasteiger partial charge in [0.15, 0.2) is 0 Å². The zero-order valence-corrected chi connectivity index (χ0v) is 10.6. The molecule has 1 rings (SSSR count). The van der Waals surface area contributed by atoms with Crippen LogP contribution in [-0.4, -0.2) is 4.98 Å². The first-order valence-corrected chi connectivity index (χ1v) is 4.49. The van der Waals surface area contributed by atoms with Crippen molar-refractivity contribution >= 4 is 25.3 Å². The monoisotopic (exact) mass is 281 g/mol. The molecule has 0 spiro atoms. The summed E-state index contributed by atoms with van der Waals surface area (Å²) in [5, 5.41) is 16.9. The summed E-state index contributed by atoms with van der Waals surface area (Å²) in [6.07, 6.45) is 4.74. The first-order valence-electron chi connectivity index (χ1n) is 3.68. The van der Waals surface area contributed by atoms with E-state index in [1.807, 2.05) is 24.5 Å². The molecule has 0 unspecified atom stereocenters. The number of hydrogen-bond donors (Lipinski definition) is 0. The van der Waals surface area contributed by atoms with E-state index in [4.69, 9.17) is 10.5 Å². The molecule has 3 nitrogen and oxygen atoms in total. The zero-order valence-electron chi connectivity index (χ0n) is 7.99. The van der Waals surface area contributed by atoms with E-state index in [0.29, 0.717) is 0 Å². The van der Waals surface area contributed by atoms with E-state index in [9.17, 15) is 0 Å². The van der Waals surface area contributed by atoms with E-state index in [1.54, 1.807) is 0 Å². The van der Waals surface area contributed by atoms with Gasteiger partial charge in [0.25, 0.3) is 0 Å². The van der Waals surface area contributed by atoms with Gasteiger partial charge in [0.05, 0.1) is 0 Å². The summed E-state index contributed by atoms with van der Waals surface area (Å²) < 4.78 is 0. The summed E-state index contributed by atoms with van der Waals surface area (Å²) in [6.45, 7) is 2.13. The molecular formula is C9H9N3NiS2. The van der Waals surface area contributed by atoms with E-state index in [0.717, 1.165) is 6.42 Å². The maximum atomic E-state index is 7.13. The third kappa shape index (κ3) is 19.5. The first kappa shape index (κ1) is 19.6. The Kier molecular flexibility index (Phi) is 24.5. The summed E-state index contributed by atoms with van der Waals surface area (Å²) in [5.41, 5.74) is 1.35. The van der Waals surface area contributed by atoms with E-state index >= 15 is 0 Å². The van der Waals surface area contributed by atoms with Crippen LogP contribution in [-0.2, 0) is 48.2 Å². The van der Waals surface area contributed by atoms with Crippen LogP contribution in [0.5, 0.6) is 0 Å². The average molecular weight is 282 g/mol. The molecule has 0 aliphatic heterocycles. The minimum absolute atomic E-state index is 0. The molecule has 0 saturated carbocycles. The van der Waals surface area contributed by atoms with Crippen molar-refractivity contribution in [2.45, 2.75) is 13.3 Å². The molecule has 0 aromatic carbocycles. The van der Waals surface area contributed by atoms with Gasteiger partial charge >= 0.3 is 16.5 Å². The van der Waals surface area contributed by atoms with Crippen molar-refractivity contribution in [2.75, 3.05) is 0 Å². The number of nitrogens with zero attached hydrogens (tertiary/aromatic N) is 3. The standard InChI is InChI=1S/C7H9N.2CHNS.Ni/c1-2-7-3-5-8-6-4-7;2*2-1-3;/h3-6H,2H2,1H3;2*3H;/q;;;+2/p-2. The van der Waals surface area contributed by atoms with Crippen LogP contribution in [0.1, 0.15) is 12.5 Å². The number of nitriles is 2. The van der Waals surface area contributed by atoms with E-state index < -0.39 is 0 Å². The van der Waals surface area contributed by atoms with E-state index in [2.05, 4.69) is 37.2 Å². The molecule has 0 N–H and O–H groups in total. The molecule has 0 amide bonds. The second-order valence-electron chi connectivity index (χ2n) is 1.89. The van der Waals surface area contributed by atoms with Crippen molar-refractivity contribution < 1.29 is 16.5 Å². The quantitative estimate of drug-likeness (QED) is 0.445. The predicted octanol–water partition coefficient (Wildman–Crippen LogP) is 1.67. The summed E-state index contributed by atoms with van der Waals surface area (Å²) in [6, 6.07) is 4.06. The van der Waals surface area contributed by atoms with Crippen LogP contribution in [0.25, 0.3) is 0 Å². The molecule has 1 aromatic heterocycles. The Morgan fingerprint density at radius 3 is 1.73 bits per heavy atom. The molecule has 0 bridgehead atoms. The normalized spacial score (nSPS) is 5.80. The fraction of sp³-hybridized carbons (Fsp3) is 0.222. The fourth-order valence-electron chi connectivity index (χ4n) is 0.618. The molecule has 0 saturated heterocycles. The molecule has 1 aromatic rings. The smallest absolute Gasteiger partial charge is 0.696 e. The number of thiocyanates is 2. The van der Waals surface area contributed by atoms with E-state index in [-0.39, 0.29) is 16.5 Å². The number of aromatic nitrogens is 1. The largest absolute Gasteiger partial charge is 2.00 e. The number of hydrogen-bond acceptors (Lipinski definition) is 5. The van der Waals surface area contributed by atoms with Crippen molar-refractivity contribution in [3.63, 3.8) is 0 Å². The van der Waals surface area contributed by atoms with Gasteiger partial charge in [-0.05, 0) is 24.1 Å². The van der Waals surface area contributed by atoms with Crippen LogP contribution < -0.4 is 0 Å². The van der Waals surface area contributed by atoms with Gasteiger partial charge in [-0.15, -0.1) is 0 Å². The number of rotatable bonds is 1. The summed E-state index contributed by atoms with van der Waals surface area (Å²) in [7, 11) is 0. The number of aryl methyl sites for hydroxylation is 1. The van der Waals surface area contributed by atoms with Gasteiger partial charge in [0.2, 0.25) is 0 Å². The molecule has 0 atom stereocenters. The molecule has 82 valence electrons. The predicted molar refractivity (Wildman–Crippen MR) is 59.6 cm³/mol. The van der Waals surface area contributed by atoms with Crippen molar-refractivity contribution in [3.05, 3.63) is 30.1 Å². The minimum atomic E-state index is 0.